The third-order valence-electron chi connectivity index (χ3n) is 4.01. The second-order valence-corrected chi connectivity index (χ2v) is 8.89. The molecule has 4 rings (SSSR count). The second kappa shape index (κ2) is 6.90. The first kappa shape index (κ1) is 16.8. The highest BCUT2D eigenvalue weighted by atomic mass is 79.9. The van der Waals surface area contributed by atoms with E-state index in [0.29, 0.717) is 11.8 Å². The van der Waals surface area contributed by atoms with Gasteiger partial charge in [-0.3, -0.25) is 0 Å². The SMILES string of the molecule is NC1CCO[C@@H]1c1sc2c(NCc3cccs3)cc(Cl)nc2c1Br. The average Bonchev–Trinajstić information content (AvgIpc) is 3.27. The molecular formula is C16H15BrClN3OS2. The summed E-state index contributed by atoms with van der Waals surface area (Å²) in [7, 11) is 0. The van der Waals surface area contributed by atoms with Crippen LogP contribution in [0.1, 0.15) is 22.3 Å². The molecule has 3 aromatic heterocycles. The molecule has 1 fully saturated rings. The molecule has 0 radical (unpaired) electrons. The van der Waals surface area contributed by atoms with Crippen molar-refractivity contribution in [2.75, 3.05) is 11.9 Å². The number of aromatic nitrogens is 1. The number of fused-ring (bicyclic) bond motifs is 1. The van der Waals surface area contributed by atoms with Crippen molar-refractivity contribution in [2.24, 2.45) is 5.73 Å². The summed E-state index contributed by atoms with van der Waals surface area (Å²) in [5.74, 6) is 0. The minimum absolute atomic E-state index is 0.0207. The Morgan fingerprint density at radius 1 is 1.50 bits per heavy atom. The Bertz CT molecular complexity index is 868. The van der Waals surface area contributed by atoms with Crippen molar-refractivity contribution < 1.29 is 4.74 Å². The molecular weight excluding hydrogens is 430 g/mol. The van der Waals surface area contributed by atoms with Gasteiger partial charge in [-0.05, 0) is 33.8 Å². The lowest BCUT2D eigenvalue weighted by molar-refractivity contribution is 0.107. The molecule has 1 aliphatic rings. The van der Waals surface area contributed by atoms with E-state index >= 15 is 0 Å². The van der Waals surface area contributed by atoms with Crippen LogP contribution in [-0.4, -0.2) is 17.6 Å². The molecule has 0 aromatic carbocycles. The molecule has 0 amide bonds. The standard InChI is InChI=1S/C16H15BrClN3OS2/c17-12-13-15(24-16(12)14-9(19)3-4-22-14)10(6-11(18)21-13)20-7-8-2-1-5-23-8/h1-2,5-6,9,14H,3-4,7,19H2,(H,20,21)/t9?,14-/m0/s1. The largest absolute Gasteiger partial charge is 0.379 e. The highest BCUT2D eigenvalue weighted by molar-refractivity contribution is 9.10. The van der Waals surface area contributed by atoms with Gasteiger partial charge in [-0.15, -0.1) is 22.7 Å². The minimum atomic E-state index is -0.0810. The number of rotatable bonds is 4. The van der Waals surface area contributed by atoms with Gasteiger partial charge in [0.2, 0.25) is 0 Å². The number of thiophene rings is 2. The third-order valence-corrected chi connectivity index (χ3v) is 7.42. The van der Waals surface area contributed by atoms with Crippen LogP contribution in [0.5, 0.6) is 0 Å². The predicted molar refractivity (Wildman–Crippen MR) is 105 cm³/mol. The van der Waals surface area contributed by atoms with Gasteiger partial charge in [-0.25, -0.2) is 4.98 Å². The summed E-state index contributed by atoms with van der Waals surface area (Å²) in [5, 5.41) is 6.02. The van der Waals surface area contributed by atoms with Crippen LogP contribution in [0, 0.1) is 0 Å². The average molecular weight is 445 g/mol. The number of halogens is 2. The van der Waals surface area contributed by atoms with Crippen LogP contribution in [0.15, 0.2) is 28.1 Å². The summed E-state index contributed by atoms with van der Waals surface area (Å²) in [5.41, 5.74) is 8.04. The first-order valence-corrected chi connectivity index (χ1v) is 10.4. The molecule has 126 valence electrons. The minimum Gasteiger partial charge on any atom is -0.379 e. The molecule has 0 aliphatic carbocycles. The predicted octanol–water partition coefficient (Wildman–Crippen LogP) is 5.17. The third kappa shape index (κ3) is 3.09. The Balaban J connectivity index is 1.73. The zero-order valence-corrected chi connectivity index (χ0v) is 16.6. The Morgan fingerprint density at radius 2 is 2.38 bits per heavy atom. The van der Waals surface area contributed by atoms with Crippen LogP contribution in [0.25, 0.3) is 10.2 Å². The van der Waals surface area contributed by atoms with Gasteiger partial charge in [0.25, 0.3) is 0 Å². The van der Waals surface area contributed by atoms with Crippen LogP contribution in [-0.2, 0) is 11.3 Å². The smallest absolute Gasteiger partial charge is 0.131 e. The van der Waals surface area contributed by atoms with Gasteiger partial charge in [-0.1, -0.05) is 17.7 Å². The fourth-order valence-corrected chi connectivity index (χ4v) is 5.79. The number of pyridine rings is 1. The van der Waals surface area contributed by atoms with E-state index in [9.17, 15) is 0 Å². The van der Waals surface area contributed by atoms with E-state index in [1.54, 1.807) is 22.7 Å². The van der Waals surface area contributed by atoms with Gasteiger partial charge < -0.3 is 15.8 Å². The van der Waals surface area contributed by atoms with Crippen molar-refractivity contribution >= 4 is 66.1 Å². The Labute approximate surface area is 161 Å². The first-order valence-electron chi connectivity index (χ1n) is 7.55. The normalized spacial score (nSPS) is 20.8. The van der Waals surface area contributed by atoms with Crippen LogP contribution in [0.2, 0.25) is 5.15 Å². The van der Waals surface area contributed by atoms with Crippen LogP contribution in [0.4, 0.5) is 5.69 Å². The van der Waals surface area contributed by atoms with Crippen molar-refractivity contribution in [3.8, 4) is 0 Å². The number of nitrogens with two attached hydrogens (primary N) is 1. The number of hydrogen-bond donors (Lipinski definition) is 2. The quantitative estimate of drug-likeness (QED) is 0.545. The molecule has 0 saturated carbocycles. The monoisotopic (exact) mass is 443 g/mol. The van der Waals surface area contributed by atoms with Crippen LogP contribution >= 0.6 is 50.2 Å². The van der Waals surface area contributed by atoms with Crippen molar-refractivity contribution in [2.45, 2.75) is 25.1 Å². The van der Waals surface area contributed by atoms with E-state index in [1.807, 2.05) is 6.07 Å². The Kier molecular flexibility index (Phi) is 4.81. The molecule has 3 N–H and O–H groups in total. The van der Waals surface area contributed by atoms with Crippen molar-refractivity contribution in [3.05, 3.63) is 43.0 Å². The molecule has 8 heteroatoms. The Hall–Kier alpha value is -0.700. The molecule has 2 atom stereocenters. The fraction of sp³-hybridized carbons (Fsp3) is 0.312. The molecule has 0 spiro atoms. The van der Waals surface area contributed by atoms with Gasteiger partial charge in [0.15, 0.2) is 0 Å². The van der Waals surface area contributed by atoms with Crippen LogP contribution < -0.4 is 11.1 Å². The molecule has 1 unspecified atom stereocenters. The van der Waals surface area contributed by atoms with E-state index in [0.717, 1.165) is 38.2 Å². The fourth-order valence-electron chi connectivity index (χ4n) is 2.81. The number of nitrogens with zero attached hydrogens (tertiary/aromatic N) is 1. The van der Waals surface area contributed by atoms with Crippen molar-refractivity contribution in [1.29, 1.82) is 0 Å². The zero-order chi connectivity index (χ0) is 16.7. The van der Waals surface area contributed by atoms with Gasteiger partial charge in [0, 0.05) is 30.1 Å². The number of ether oxygens (including phenoxy) is 1. The summed E-state index contributed by atoms with van der Waals surface area (Å²) in [6.07, 6.45) is 0.797. The zero-order valence-electron chi connectivity index (χ0n) is 12.6. The maximum absolute atomic E-state index is 6.23. The van der Waals surface area contributed by atoms with Gasteiger partial charge in [0.05, 0.1) is 25.3 Å². The highest BCUT2D eigenvalue weighted by Crippen LogP contribution is 2.45. The molecule has 3 aromatic rings. The summed E-state index contributed by atoms with van der Waals surface area (Å²) >= 11 is 13.3. The lowest BCUT2D eigenvalue weighted by atomic mass is 10.1. The topological polar surface area (TPSA) is 60.2 Å². The molecule has 1 aliphatic heterocycles. The first-order chi connectivity index (χ1) is 11.6. The van der Waals surface area contributed by atoms with Crippen LogP contribution in [0.3, 0.4) is 0 Å². The Morgan fingerprint density at radius 3 is 3.08 bits per heavy atom. The van der Waals surface area contributed by atoms with E-state index in [2.05, 4.69) is 43.7 Å². The summed E-state index contributed by atoms with van der Waals surface area (Å²) in [6, 6.07) is 6.06. The molecule has 4 nitrogen and oxygen atoms in total. The van der Waals surface area contributed by atoms with Gasteiger partial charge in [-0.2, -0.15) is 0 Å². The summed E-state index contributed by atoms with van der Waals surface area (Å²) in [4.78, 5) is 6.85. The number of anilines is 1. The molecule has 24 heavy (non-hydrogen) atoms. The van der Waals surface area contributed by atoms with Gasteiger partial charge in [0.1, 0.15) is 11.3 Å². The summed E-state index contributed by atoms with van der Waals surface area (Å²) < 4.78 is 7.83. The lowest BCUT2D eigenvalue weighted by Crippen LogP contribution is -2.22. The van der Waals surface area contributed by atoms with E-state index < -0.39 is 0 Å². The summed E-state index contributed by atoms with van der Waals surface area (Å²) in [6.45, 7) is 1.46. The lowest BCUT2D eigenvalue weighted by Gasteiger charge is -2.12. The van der Waals surface area contributed by atoms with Crippen molar-refractivity contribution in [3.63, 3.8) is 0 Å². The van der Waals surface area contributed by atoms with Crippen molar-refractivity contribution in [1.82, 2.24) is 4.98 Å². The molecule has 0 bridgehead atoms. The molecule has 4 heterocycles. The van der Waals surface area contributed by atoms with E-state index in [1.165, 1.54) is 4.88 Å². The molecule has 1 saturated heterocycles. The highest BCUT2D eigenvalue weighted by Gasteiger charge is 2.31. The van der Waals surface area contributed by atoms with E-state index in [4.69, 9.17) is 22.1 Å². The maximum Gasteiger partial charge on any atom is 0.131 e. The number of hydrogen-bond acceptors (Lipinski definition) is 6. The second-order valence-electron chi connectivity index (χ2n) is 5.63. The van der Waals surface area contributed by atoms with Gasteiger partial charge >= 0.3 is 0 Å². The maximum atomic E-state index is 6.23. The number of nitrogens with one attached hydrogen (secondary N) is 1. The van der Waals surface area contributed by atoms with E-state index in [-0.39, 0.29) is 12.1 Å².